The third-order valence-electron chi connectivity index (χ3n) is 3.51. The zero-order valence-electron chi connectivity index (χ0n) is 14.4. The molecule has 6 nitrogen and oxygen atoms in total. The van der Waals surface area contributed by atoms with Crippen LogP contribution in [-0.2, 0) is 10.0 Å². The van der Waals surface area contributed by atoms with E-state index < -0.39 is 15.9 Å². The van der Waals surface area contributed by atoms with E-state index in [0.717, 1.165) is 17.5 Å². The van der Waals surface area contributed by atoms with Crippen molar-refractivity contribution in [2.24, 2.45) is 0 Å². The highest BCUT2D eigenvalue weighted by atomic mass is 32.2. The number of aromatic nitrogens is 1. The topological polar surface area (TPSA) is 88.2 Å². The van der Waals surface area contributed by atoms with Gasteiger partial charge in [0.15, 0.2) is 5.13 Å². The number of thiophene rings is 1. The first kappa shape index (κ1) is 18.6. The van der Waals surface area contributed by atoms with Crippen molar-refractivity contribution in [3.05, 3.63) is 51.0 Å². The Hall–Kier alpha value is -2.23. The number of benzene rings is 1. The van der Waals surface area contributed by atoms with Crippen LogP contribution in [0.15, 0.2) is 35.7 Å². The highest BCUT2D eigenvalue weighted by Gasteiger charge is 2.16. The number of sulfonamides is 1. The SMILES string of the molecule is Cc1cc(-c2csc(NC(=O)c3ccccc3NS(C)(=O)=O)n2)c(C)s1. The van der Waals surface area contributed by atoms with Crippen LogP contribution < -0.4 is 10.0 Å². The summed E-state index contributed by atoms with van der Waals surface area (Å²) < 4.78 is 25.3. The predicted molar refractivity (Wildman–Crippen MR) is 108 cm³/mol. The molecular formula is C17H17N3O3S3. The summed E-state index contributed by atoms with van der Waals surface area (Å²) in [6.45, 7) is 4.08. The van der Waals surface area contributed by atoms with Crippen LogP contribution in [-0.4, -0.2) is 25.6 Å². The zero-order chi connectivity index (χ0) is 18.9. The Morgan fingerprint density at radius 2 is 1.92 bits per heavy atom. The first-order valence-corrected chi connectivity index (χ1v) is 11.2. The van der Waals surface area contributed by atoms with E-state index in [9.17, 15) is 13.2 Å². The Kier molecular flexibility index (Phi) is 5.12. The number of aryl methyl sites for hydroxylation is 2. The molecule has 0 bridgehead atoms. The number of carbonyl (C=O) groups is 1. The molecule has 0 saturated heterocycles. The monoisotopic (exact) mass is 407 g/mol. The molecule has 1 aromatic carbocycles. The van der Waals surface area contributed by atoms with Gasteiger partial charge in [-0.1, -0.05) is 12.1 Å². The second kappa shape index (κ2) is 7.18. The molecule has 3 aromatic rings. The number of para-hydroxylation sites is 1. The number of anilines is 2. The van der Waals surface area contributed by atoms with Crippen molar-refractivity contribution in [3.63, 3.8) is 0 Å². The van der Waals surface area contributed by atoms with E-state index in [0.29, 0.717) is 5.13 Å². The molecule has 0 aliphatic heterocycles. The van der Waals surface area contributed by atoms with Gasteiger partial charge in [-0.05, 0) is 32.0 Å². The molecule has 9 heteroatoms. The summed E-state index contributed by atoms with van der Waals surface area (Å²) in [5.41, 5.74) is 2.34. The summed E-state index contributed by atoms with van der Waals surface area (Å²) in [5, 5.41) is 5.09. The van der Waals surface area contributed by atoms with Gasteiger partial charge in [0, 0.05) is 20.7 Å². The maximum absolute atomic E-state index is 12.6. The van der Waals surface area contributed by atoms with Crippen LogP contribution in [0.3, 0.4) is 0 Å². The van der Waals surface area contributed by atoms with E-state index in [4.69, 9.17) is 0 Å². The lowest BCUT2D eigenvalue weighted by atomic mass is 10.2. The highest BCUT2D eigenvalue weighted by Crippen LogP contribution is 2.32. The maximum atomic E-state index is 12.6. The van der Waals surface area contributed by atoms with Gasteiger partial charge in [0.05, 0.1) is 23.2 Å². The first-order chi connectivity index (χ1) is 12.2. The van der Waals surface area contributed by atoms with Gasteiger partial charge in [-0.15, -0.1) is 22.7 Å². The molecule has 2 N–H and O–H groups in total. The number of hydrogen-bond acceptors (Lipinski definition) is 6. The van der Waals surface area contributed by atoms with Crippen molar-refractivity contribution < 1.29 is 13.2 Å². The molecule has 3 rings (SSSR count). The molecule has 0 saturated carbocycles. The zero-order valence-corrected chi connectivity index (χ0v) is 16.8. The van der Waals surface area contributed by atoms with E-state index in [1.165, 1.54) is 21.1 Å². The molecular weight excluding hydrogens is 390 g/mol. The number of thiazole rings is 1. The Balaban J connectivity index is 1.83. The van der Waals surface area contributed by atoms with Crippen molar-refractivity contribution in [3.8, 4) is 11.3 Å². The van der Waals surface area contributed by atoms with E-state index in [1.807, 2.05) is 19.2 Å². The summed E-state index contributed by atoms with van der Waals surface area (Å²) in [7, 11) is -3.48. The largest absolute Gasteiger partial charge is 0.298 e. The molecule has 0 fully saturated rings. The second-order valence-corrected chi connectivity index (χ2v) is 9.81. The fourth-order valence-corrected chi connectivity index (χ4v) is 4.69. The lowest BCUT2D eigenvalue weighted by Gasteiger charge is -2.09. The number of carbonyl (C=O) groups excluding carboxylic acids is 1. The third-order valence-corrected chi connectivity index (χ3v) is 5.82. The van der Waals surface area contributed by atoms with E-state index in [-0.39, 0.29) is 11.3 Å². The van der Waals surface area contributed by atoms with Crippen molar-refractivity contribution in [1.29, 1.82) is 0 Å². The van der Waals surface area contributed by atoms with Crippen molar-refractivity contribution >= 4 is 49.4 Å². The molecule has 0 aliphatic rings. The van der Waals surface area contributed by atoms with Gasteiger partial charge in [-0.3, -0.25) is 14.8 Å². The van der Waals surface area contributed by atoms with Crippen molar-refractivity contribution in [2.45, 2.75) is 13.8 Å². The molecule has 2 heterocycles. The molecule has 0 radical (unpaired) electrons. The Labute approximate surface area is 160 Å². The van der Waals surface area contributed by atoms with Crippen LogP contribution in [0.25, 0.3) is 11.3 Å². The Bertz CT molecular complexity index is 1070. The van der Waals surface area contributed by atoms with E-state index in [2.05, 4.69) is 21.1 Å². The summed E-state index contributed by atoms with van der Waals surface area (Å²) in [6, 6.07) is 8.51. The molecule has 2 aromatic heterocycles. The number of nitrogens with one attached hydrogen (secondary N) is 2. The highest BCUT2D eigenvalue weighted by molar-refractivity contribution is 7.92. The smallest absolute Gasteiger partial charge is 0.259 e. The van der Waals surface area contributed by atoms with Gasteiger partial charge in [-0.2, -0.15) is 0 Å². The second-order valence-electron chi connectivity index (χ2n) is 5.74. The Morgan fingerprint density at radius 1 is 1.19 bits per heavy atom. The fourth-order valence-electron chi connectivity index (χ4n) is 2.47. The van der Waals surface area contributed by atoms with Crippen LogP contribution in [0, 0.1) is 13.8 Å². The van der Waals surface area contributed by atoms with Gasteiger partial charge in [0.1, 0.15) is 0 Å². The molecule has 0 unspecified atom stereocenters. The average molecular weight is 408 g/mol. The molecule has 0 atom stereocenters. The third kappa shape index (κ3) is 4.29. The number of amides is 1. The summed E-state index contributed by atoms with van der Waals surface area (Å²) in [6.07, 6.45) is 1.04. The minimum Gasteiger partial charge on any atom is -0.298 e. The molecule has 0 aliphatic carbocycles. The summed E-state index contributed by atoms with van der Waals surface area (Å²) in [4.78, 5) is 19.4. The standard InChI is InChI=1S/C17H17N3O3S3/c1-10-8-13(11(2)25-10)15-9-24-17(18-15)19-16(21)12-6-4-5-7-14(12)20-26(3,22)23/h4-9,20H,1-3H3,(H,18,19,21). The van der Waals surface area contributed by atoms with Gasteiger partial charge in [0.25, 0.3) is 5.91 Å². The summed E-state index contributed by atoms with van der Waals surface area (Å²) in [5.74, 6) is -0.420. The van der Waals surface area contributed by atoms with Crippen molar-refractivity contribution in [1.82, 2.24) is 4.98 Å². The van der Waals surface area contributed by atoms with Crippen LogP contribution in [0.1, 0.15) is 20.1 Å². The quantitative estimate of drug-likeness (QED) is 0.666. The number of hydrogen-bond donors (Lipinski definition) is 2. The van der Waals surface area contributed by atoms with Gasteiger partial charge in [0.2, 0.25) is 10.0 Å². The lowest BCUT2D eigenvalue weighted by molar-refractivity contribution is 0.102. The van der Waals surface area contributed by atoms with Gasteiger partial charge < -0.3 is 0 Å². The van der Waals surface area contributed by atoms with Crippen molar-refractivity contribution in [2.75, 3.05) is 16.3 Å². The average Bonchev–Trinajstić information content (AvgIpc) is 3.12. The van der Waals surface area contributed by atoms with Gasteiger partial charge >= 0.3 is 0 Å². The summed E-state index contributed by atoms with van der Waals surface area (Å²) >= 11 is 3.03. The van der Waals surface area contributed by atoms with Crippen LogP contribution in [0.2, 0.25) is 0 Å². The van der Waals surface area contributed by atoms with E-state index >= 15 is 0 Å². The first-order valence-electron chi connectivity index (χ1n) is 7.64. The molecule has 26 heavy (non-hydrogen) atoms. The molecule has 1 amide bonds. The predicted octanol–water partition coefficient (Wildman–Crippen LogP) is 4.11. The van der Waals surface area contributed by atoms with Crippen LogP contribution in [0.4, 0.5) is 10.8 Å². The minimum absolute atomic E-state index is 0.230. The minimum atomic E-state index is -3.48. The van der Waals surface area contributed by atoms with Crippen LogP contribution in [0.5, 0.6) is 0 Å². The van der Waals surface area contributed by atoms with Crippen LogP contribution >= 0.6 is 22.7 Å². The maximum Gasteiger partial charge on any atom is 0.259 e. The molecule has 0 spiro atoms. The van der Waals surface area contributed by atoms with E-state index in [1.54, 1.807) is 35.6 Å². The Morgan fingerprint density at radius 3 is 2.58 bits per heavy atom. The van der Waals surface area contributed by atoms with Gasteiger partial charge in [-0.25, -0.2) is 13.4 Å². The number of nitrogens with zero attached hydrogens (tertiary/aromatic N) is 1. The molecule has 136 valence electrons. The fraction of sp³-hybridized carbons (Fsp3) is 0.176. The normalized spacial score (nSPS) is 11.3. The number of rotatable bonds is 5. The lowest BCUT2D eigenvalue weighted by Crippen LogP contribution is -2.17.